The molecule has 2 atom stereocenters. The van der Waals surface area contributed by atoms with Crippen LogP contribution >= 0.6 is 0 Å². The number of aromatic nitrogens is 1. The highest BCUT2D eigenvalue weighted by molar-refractivity contribution is 5.07. The van der Waals surface area contributed by atoms with Gasteiger partial charge < -0.3 is 9.73 Å². The maximum absolute atomic E-state index is 13.1. The van der Waals surface area contributed by atoms with Gasteiger partial charge in [-0.2, -0.15) is 13.2 Å². The number of rotatable bonds is 5. The predicted molar refractivity (Wildman–Crippen MR) is 69.5 cm³/mol. The van der Waals surface area contributed by atoms with Crippen LogP contribution in [0.5, 0.6) is 0 Å². The first-order valence-electron chi connectivity index (χ1n) is 7.24. The molecule has 1 aromatic heterocycles. The number of likely N-dealkylation sites (N-methyl/N-ethyl adjacent to an activating group) is 1. The summed E-state index contributed by atoms with van der Waals surface area (Å²) in [4.78, 5) is 4.11. The number of nitrogens with one attached hydrogen (secondary N) is 1. The zero-order chi connectivity index (χ0) is 14.6. The number of hydrogen-bond donors (Lipinski definition) is 1. The summed E-state index contributed by atoms with van der Waals surface area (Å²) in [5.74, 6) is -0.930. The highest BCUT2D eigenvalue weighted by Gasteiger charge is 2.47. The lowest BCUT2D eigenvalue weighted by atomic mass is 9.77. The van der Waals surface area contributed by atoms with Crippen molar-refractivity contribution < 1.29 is 17.6 Å². The molecule has 1 aromatic rings. The molecule has 1 N–H and O–H groups in total. The van der Waals surface area contributed by atoms with Crippen molar-refractivity contribution in [1.29, 1.82) is 0 Å². The minimum absolute atomic E-state index is 0.196. The lowest BCUT2D eigenvalue weighted by Gasteiger charge is -2.31. The maximum Gasteiger partial charge on any atom is 0.392 e. The molecule has 0 aromatic carbocycles. The third kappa shape index (κ3) is 3.75. The number of alkyl halides is 3. The molecule has 1 saturated carbocycles. The van der Waals surface area contributed by atoms with E-state index in [4.69, 9.17) is 4.42 Å². The second-order valence-corrected chi connectivity index (χ2v) is 5.30. The van der Waals surface area contributed by atoms with Crippen LogP contribution in [0, 0.1) is 5.92 Å². The van der Waals surface area contributed by atoms with E-state index in [9.17, 15) is 13.2 Å². The number of oxazole rings is 1. The van der Waals surface area contributed by atoms with Gasteiger partial charge >= 0.3 is 6.18 Å². The summed E-state index contributed by atoms with van der Waals surface area (Å²) in [5.41, 5.74) is 0. The first-order chi connectivity index (χ1) is 9.52. The Balaban J connectivity index is 2.05. The Labute approximate surface area is 117 Å². The fourth-order valence-electron chi connectivity index (χ4n) is 2.85. The van der Waals surface area contributed by atoms with E-state index in [0.29, 0.717) is 30.9 Å². The second kappa shape index (κ2) is 6.61. The highest BCUT2D eigenvalue weighted by Crippen LogP contribution is 2.46. The molecule has 20 heavy (non-hydrogen) atoms. The fraction of sp³-hybridized carbons (Fsp3) is 0.786. The second-order valence-electron chi connectivity index (χ2n) is 5.30. The van der Waals surface area contributed by atoms with Crippen LogP contribution in [0.4, 0.5) is 13.2 Å². The topological polar surface area (TPSA) is 38.1 Å². The third-order valence-electron chi connectivity index (χ3n) is 3.89. The Morgan fingerprint density at radius 3 is 2.80 bits per heavy atom. The molecule has 3 nitrogen and oxygen atoms in total. The normalized spacial score (nSPS) is 24.0. The summed E-state index contributed by atoms with van der Waals surface area (Å²) in [7, 11) is 0. The van der Waals surface area contributed by atoms with E-state index >= 15 is 0 Å². The van der Waals surface area contributed by atoms with E-state index in [-0.39, 0.29) is 6.42 Å². The summed E-state index contributed by atoms with van der Waals surface area (Å²) in [6, 6.07) is 0. The molecule has 1 aliphatic carbocycles. The van der Waals surface area contributed by atoms with E-state index in [0.717, 1.165) is 19.5 Å². The first kappa shape index (κ1) is 15.4. The van der Waals surface area contributed by atoms with Gasteiger partial charge in [-0.1, -0.05) is 19.8 Å². The van der Waals surface area contributed by atoms with Crippen LogP contribution in [-0.4, -0.2) is 24.2 Å². The molecule has 0 saturated heterocycles. The molecule has 0 aliphatic heterocycles. The van der Waals surface area contributed by atoms with Crippen LogP contribution in [0.2, 0.25) is 0 Å². The number of halogens is 3. The Bertz CT molecular complexity index is 417. The Hall–Kier alpha value is -1.04. The molecule has 0 radical (unpaired) electrons. The summed E-state index contributed by atoms with van der Waals surface area (Å²) in [6.45, 7) is 3.58. The van der Waals surface area contributed by atoms with Gasteiger partial charge in [0.25, 0.3) is 0 Å². The molecule has 1 heterocycles. The molecule has 0 spiro atoms. The highest BCUT2D eigenvalue weighted by atomic mass is 19.4. The molecule has 1 fully saturated rings. The van der Waals surface area contributed by atoms with Crippen molar-refractivity contribution in [2.24, 2.45) is 5.92 Å². The SMILES string of the molecule is CCNCCc1ncc(C2CCCCC2C(F)(F)F)o1. The molecule has 114 valence electrons. The zero-order valence-electron chi connectivity index (χ0n) is 11.7. The van der Waals surface area contributed by atoms with Crippen LogP contribution in [-0.2, 0) is 6.42 Å². The van der Waals surface area contributed by atoms with Gasteiger partial charge in [-0.15, -0.1) is 0 Å². The van der Waals surface area contributed by atoms with Gasteiger partial charge in [-0.25, -0.2) is 4.98 Å². The van der Waals surface area contributed by atoms with Crippen LogP contribution in [0.1, 0.15) is 50.2 Å². The zero-order valence-corrected chi connectivity index (χ0v) is 11.7. The largest absolute Gasteiger partial charge is 0.445 e. The van der Waals surface area contributed by atoms with E-state index in [1.54, 1.807) is 0 Å². The van der Waals surface area contributed by atoms with Crippen LogP contribution < -0.4 is 5.32 Å². The van der Waals surface area contributed by atoms with Crippen LogP contribution in [0.15, 0.2) is 10.6 Å². The molecular weight excluding hydrogens is 269 g/mol. The molecule has 0 bridgehead atoms. The van der Waals surface area contributed by atoms with Gasteiger partial charge in [0, 0.05) is 18.9 Å². The average molecular weight is 290 g/mol. The van der Waals surface area contributed by atoms with Crippen molar-refractivity contribution >= 4 is 0 Å². The Kier molecular flexibility index (Phi) is 5.07. The maximum atomic E-state index is 13.1. The van der Waals surface area contributed by atoms with Crippen molar-refractivity contribution in [3.63, 3.8) is 0 Å². The van der Waals surface area contributed by atoms with Crippen molar-refractivity contribution in [1.82, 2.24) is 10.3 Å². The van der Waals surface area contributed by atoms with Gasteiger partial charge in [0.15, 0.2) is 5.89 Å². The van der Waals surface area contributed by atoms with Crippen LogP contribution in [0.3, 0.4) is 0 Å². The van der Waals surface area contributed by atoms with Gasteiger partial charge in [0.2, 0.25) is 0 Å². The smallest absolute Gasteiger partial charge is 0.392 e. The van der Waals surface area contributed by atoms with Gasteiger partial charge in [0.05, 0.1) is 12.1 Å². The van der Waals surface area contributed by atoms with E-state index < -0.39 is 18.0 Å². The number of hydrogen-bond acceptors (Lipinski definition) is 3. The van der Waals surface area contributed by atoms with Crippen molar-refractivity contribution in [3.8, 4) is 0 Å². The van der Waals surface area contributed by atoms with Crippen molar-refractivity contribution in [2.45, 2.75) is 51.1 Å². The fourth-order valence-corrected chi connectivity index (χ4v) is 2.85. The summed E-state index contributed by atoms with van der Waals surface area (Å²) in [5, 5.41) is 3.14. The van der Waals surface area contributed by atoms with E-state index in [1.807, 2.05) is 6.92 Å². The van der Waals surface area contributed by atoms with Gasteiger partial charge in [-0.3, -0.25) is 0 Å². The molecule has 6 heteroatoms. The third-order valence-corrected chi connectivity index (χ3v) is 3.89. The lowest BCUT2D eigenvalue weighted by Crippen LogP contribution is -2.31. The van der Waals surface area contributed by atoms with Crippen molar-refractivity contribution in [2.75, 3.05) is 13.1 Å². The Morgan fingerprint density at radius 2 is 2.10 bits per heavy atom. The molecule has 0 amide bonds. The monoisotopic (exact) mass is 290 g/mol. The van der Waals surface area contributed by atoms with Gasteiger partial charge in [0.1, 0.15) is 5.76 Å². The standard InChI is InChI=1S/C14H21F3N2O/c1-2-18-8-7-13-19-9-12(20-13)10-5-3-4-6-11(10)14(15,16)17/h9-11,18H,2-8H2,1H3. The summed E-state index contributed by atoms with van der Waals surface area (Å²) in [6.07, 6.45) is 0.134. The first-order valence-corrected chi connectivity index (χ1v) is 7.24. The van der Waals surface area contributed by atoms with E-state index in [1.165, 1.54) is 6.20 Å². The minimum Gasteiger partial charge on any atom is -0.445 e. The van der Waals surface area contributed by atoms with Gasteiger partial charge in [-0.05, 0) is 19.4 Å². The number of nitrogens with zero attached hydrogens (tertiary/aromatic N) is 1. The lowest BCUT2D eigenvalue weighted by molar-refractivity contribution is -0.188. The summed E-state index contributed by atoms with van der Waals surface area (Å²) < 4.78 is 44.7. The molecule has 2 rings (SSSR count). The van der Waals surface area contributed by atoms with E-state index in [2.05, 4.69) is 10.3 Å². The average Bonchev–Trinajstić information content (AvgIpc) is 2.87. The summed E-state index contributed by atoms with van der Waals surface area (Å²) >= 11 is 0. The van der Waals surface area contributed by atoms with Crippen molar-refractivity contribution in [3.05, 3.63) is 17.8 Å². The minimum atomic E-state index is -4.15. The molecule has 1 aliphatic rings. The Morgan fingerprint density at radius 1 is 1.35 bits per heavy atom. The predicted octanol–water partition coefficient (Wildman–Crippen LogP) is 3.66. The van der Waals surface area contributed by atoms with Crippen LogP contribution in [0.25, 0.3) is 0 Å². The molecule has 2 unspecified atom stereocenters. The molecular formula is C14H21F3N2O. The quantitative estimate of drug-likeness (QED) is 0.841.